The van der Waals surface area contributed by atoms with Crippen molar-refractivity contribution in [3.05, 3.63) is 210 Å². The summed E-state index contributed by atoms with van der Waals surface area (Å²) < 4.78 is 8.87. The van der Waals surface area contributed by atoms with Gasteiger partial charge in [-0.15, -0.1) is 0 Å². The number of fused-ring (bicyclic) bond motifs is 9. The van der Waals surface area contributed by atoms with Crippen molar-refractivity contribution in [2.75, 3.05) is 0 Å². The molecular weight excluding hydrogens is 619 g/mol. The molecule has 0 N–H and O–H groups in total. The molecule has 1 aliphatic carbocycles. The van der Waals surface area contributed by atoms with Crippen molar-refractivity contribution in [2.45, 2.75) is 6.42 Å². The molecule has 51 heavy (non-hydrogen) atoms. The highest BCUT2D eigenvalue weighted by Crippen LogP contribution is 2.37. The van der Waals surface area contributed by atoms with Crippen LogP contribution in [0.2, 0.25) is 0 Å². The highest BCUT2D eigenvalue weighted by atomic mass is 16.3. The number of rotatable bonds is 3. The Morgan fingerprint density at radius 2 is 1.25 bits per heavy atom. The van der Waals surface area contributed by atoms with E-state index < -0.39 is 0 Å². The lowest BCUT2D eigenvalue weighted by Crippen LogP contribution is -2.30. The monoisotopic (exact) mass is 651 g/mol. The molecule has 7 aromatic carbocycles. The van der Waals surface area contributed by atoms with E-state index in [0.717, 1.165) is 56.1 Å². The Hall–Kier alpha value is -6.64. The first-order valence-electron chi connectivity index (χ1n) is 17.5. The molecule has 9 aromatic rings. The third-order valence-electron chi connectivity index (χ3n) is 10.4. The lowest BCUT2D eigenvalue weighted by atomic mass is 9.90. The van der Waals surface area contributed by atoms with Gasteiger partial charge in [-0.05, 0) is 98.6 Å². The molecule has 0 unspecified atom stereocenters. The van der Waals surface area contributed by atoms with Crippen molar-refractivity contribution < 1.29 is 4.42 Å². The summed E-state index contributed by atoms with van der Waals surface area (Å²) in [6.07, 6.45) is 9.44. The number of aromatic nitrogens is 1. The van der Waals surface area contributed by atoms with Gasteiger partial charge in [0.05, 0.1) is 11.0 Å². The lowest BCUT2D eigenvalue weighted by Gasteiger charge is -2.14. The van der Waals surface area contributed by atoms with Crippen molar-refractivity contribution >= 4 is 65.7 Å². The van der Waals surface area contributed by atoms with Crippen molar-refractivity contribution in [1.29, 1.82) is 0 Å². The summed E-state index contributed by atoms with van der Waals surface area (Å²) in [7, 11) is 0. The van der Waals surface area contributed by atoms with Crippen LogP contribution < -0.4 is 10.4 Å². The lowest BCUT2D eigenvalue weighted by molar-refractivity contribution is 0.672. The number of allylic oxidation sites excluding steroid dienone is 5. The molecular formula is C49H33NO. The second-order valence-electron chi connectivity index (χ2n) is 13.3. The summed E-state index contributed by atoms with van der Waals surface area (Å²) in [6, 6.07) is 54.6. The van der Waals surface area contributed by atoms with Gasteiger partial charge in [-0.25, -0.2) is 0 Å². The largest absolute Gasteiger partial charge is 0.455 e. The van der Waals surface area contributed by atoms with Crippen LogP contribution in [0.25, 0.3) is 71.4 Å². The fourth-order valence-corrected chi connectivity index (χ4v) is 8.06. The summed E-state index contributed by atoms with van der Waals surface area (Å²) in [5.74, 6) is 0. The molecule has 2 heteroatoms. The summed E-state index contributed by atoms with van der Waals surface area (Å²) in [5.41, 5.74) is 11.1. The molecule has 0 aliphatic heterocycles. The van der Waals surface area contributed by atoms with Crippen LogP contribution in [0.4, 0.5) is 0 Å². The molecule has 0 saturated heterocycles. The average Bonchev–Trinajstić information content (AvgIpc) is 3.72. The first-order chi connectivity index (χ1) is 25.2. The molecule has 2 heterocycles. The van der Waals surface area contributed by atoms with E-state index in [1.54, 1.807) is 0 Å². The van der Waals surface area contributed by atoms with Crippen molar-refractivity contribution in [2.24, 2.45) is 0 Å². The molecule has 1 aliphatic rings. The Kier molecular flexibility index (Phi) is 6.75. The van der Waals surface area contributed by atoms with Crippen LogP contribution in [0.3, 0.4) is 0 Å². The van der Waals surface area contributed by atoms with Crippen LogP contribution in [0.5, 0.6) is 0 Å². The van der Waals surface area contributed by atoms with Crippen molar-refractivity contribution in [3.8, 4) is 5.69 Å². The van der Waals surface area contributed by atoms with Gasteiger partial charge in [0.1, 0.15) is 11.2 Å². The van der Waals surface area contributed by atoms with Crippen LogP contribution in [0, 0.1) is 0 Å². The quantitative estimate of drug-likeness (QED) is 0.186. The van der Waals surface area contributed by atoms with E-state index in [2.05, 4.69) is 187 Å². The van der Waals surface area contributed by atoms with Crippen molar-refractivity contribution in [1.82, 2.24) is 4.57 Å². The molecule has 10 rings (SSSR count). The van der Waals surface area contributed by atoms with E-state index in [1.807, 2.05) is 0 Å². The second-order valence-corrected chi connectivity index (χ2v) is 13.3. The van der Waals surface area contributed by atoms with Crippen LogP contribution in [-0.2, 0) is 0 Å². The van der Waals surface area contributed by atoms with Gasteiger partial charge in [0.25, 0.3) is 0 Å². The van der Waals surface area contributed by atoms with Crippen LogP contribution in [-0.4, -0.2) is 4.57 Å². The highest BCUT2D eigenvalue weighted by Gasteiger charge is 2.17. The standard InChI is InChI=1S/C49H33NO/c1-32-14-4-2-7-18-37(34-25-28-46-43(30-34)40-21-12-13-23-45(40)50(46)36-16-5-3-6-17-36)39-20-10-11-22-41(39)48(32)35-26-29-47-44(31-35)42-27-24-33-15-8-9-19-38(33)49(42)51-47/h2-17,19-31H,1,18H2/b7-2-,14-4-,39-37+,48-41+. The van der Waals surface area contributed by atoms with Crippen LogP contribution >= 0.6 is 0 Å². The average molecular weight is 652 g/mol. The smallest absolute Gasteiger partial charge is 0.143 e. The van der Waals surface area contributed by atoms with E-state index in [-0.39, 0.29) is 0 Å². The van der Waals surface area contributed by atoms with E-state index in [4.69, 9.17) is 4.42 Å². The summed E-state index contributed by atoms with van der Waals surface area (Å²) in [4.78, 5) is 0. The van der Waals surface area contributed by atoms with Gasteiger partial charge in [0.15, 0.2) is 0 Å². The molecule has 0 bridgehead atoms. The number of benzene rings is 7. The molecule has 240 valence electrons. The molecule has 0 fully saturated rings. The Morgan fingerprint density at radius 1 is 0.529 bits per heavy atom. The molecule has 0 spiro atoms. The fourth-order valence-electron chi connectivity index (χ4n) is 8.06. The first-order valence-corrected chi connectivity index (χ1v) is 17.5. The minimum absolute atomic E-state index is 0.794. The normalized spacial score (nSPS) is 17.0. The zero-order valence-electron chi connectivity index (χ0n) is 28.0. The van der Waals surface area contributed by atoms with Gasteiger partial charge < -0.3 is 8.98 Å². The summed E-state index contributed by atoms with van der Waals surface area (Å²) in [6.45, 7) is 4.63. The van der Waals surface area contributed by atoms with Crippen molar-refractivity contribution in [3.63, 3.8) is 0 Å². The Bertz CT molecular complexity index is 3060. The number of furan rings is 1. The number of nitrogens with zero attached hydrogens (tertiary/aromatic N) is 1. The molecule has 2 aromatic heterocycles. The van der Waals surface area contributed by atoms with Crippen LogP contribution in [0.1, 0.15) is 17.5 Å². The van der Waals surface area contributed by atoms with E-state index in [1.165, 1.54) is 48.8 Å². The topological polar surface area (TPSA) is 18.1 Å². The maximum atomic E-state index is 6.50. The second kappa shape index (κ2) is 11.8. The molecule has 0 saturated carbocycles. The predicted molar refractivity (Wildman–Crippen MR) is 215 cm³/mol. The highest BCUT2D eigenvalue weighted by molar-refractivity contribution is 6.15. The number of para-hydroxylation sites is 2. The Morgan fingerprint density at radius 3 is 2.16 bits per heavy atom. The molecule has 0 atom stereocenters. The van der Waals surface area contributed by atoms with E-state index in [9.17, 15) is 0 Å². The zero-order valence-corrected chi connectivity index (χ0v) is 28.0. The maximum Gasteiger partial charge on any atom is 0.143 e. The SMILES string of the molecule is C=C1/C=C\C=C/C/C(c2ccc3c(c2)c2ccccc2n3-c2ccccc2)=c2/cccc/c2=C/1c1ccc2oc3c4ccccc4ccc3c2c1. The molecule has 2 nitrogen and oxygen atoms in total. The maximum absolute atomic E-state index is 6.50. The van der Waals surface area contributed by atoms with Gasteiger partial charge in [-0.2, -0.15) is 0 Å². The first kappa shape index (κ1) is 29.3. The third kappa shape index (κ3) is 4.72. The summed E-state index contributed by atoms with van der Waals surface area (Å²) in [5, 5.41) is 9.42. The Balaban J connectivity index is 1.25. The molecule has 0 radical (unpaired) electrons. The van der Waals surface area contributed by atoms with Gasteiger partial charge >= 0.3 is 0 Å². The van der Waals surface area contributed by atoms with Gasteiger partial charge in [0, 0.05) is 32.6 Å². The minimum Gasteiger partial charge on any atom is -0.455 e. The van der Waals surface area contributed by atoms with Gasteiger partial charge in [0.2, 0.25) is 0 Å². The van der Waals surface area contributed by atoms with E-state index in [0.29, 0.717) is 0 Å². The van der Waals surface area contributed by atoms with Crippen LogP contribution in [0.15, 0.2) is 193 Å². The Labute approximate surface area is 295 Å². The zero-order chi connectivity index (χ0) is 33.9. The minimum atomic E-state index is 0.794. The van der Waals surface area contributed by atoms with E-state index >= 15 is 0 Å². The predicted octanol–water partition coefficient (Wildman–Crippen LogP) is 11.3. The fraction of sp³-hybridized carbons (Fsp3) is 0.0204. The van der Waals surface area contributed by atoms with Gasteiger partial charge in [-0.1, -0.05) is 134 Å². The number of hydrogen-bond acceptors (Lipinski definition) is 1. The number of hydrogen-bond donors (Lipinski definition) is 0. The molecule has 0 amide bonds. The third-order valence-corrected chi connectivity index (χ3v) is 10.4. The van der Waals surface area contributed by atoms with Gasteiger partial charge in [-0.3, -0.25) is 0 Å². The summed E-state index contributed by atoms with van der Waals surface area (Å²) >= 11 is 0.